The van der Waals surface area contributed by atoms with Crippen molar-refractivity contribution in [1.82, 2.24) is 4.90 Å². The monoisotopic (exact) mass is 395 g/mol. The fourth-order valence-electron chi connectivity index (χ4n) is 3.40. The van der Waals surface area contributed by atoms with Crippen molar-refractivity contribution in [2.24, 2.45) is 0 Å². The van der Waals surface area contributed by atoms with E-state index in [1.807, 2.05) is 29.2 Å². The van der Waals surface area contributed by atoms with Gasteiger partial charge in [-0.3, -0.25) is 4.79 Å². The van der Waals surface area contributed by atoms with Crippen molar-refractivity contribution < 1.29 is 4.79 Å². The number of nitrogens with one attached hydrogen (secondary N) is 2. The highest BCUT2D eigenvalue weighted by atomic mass is 32.1. The molecule has 1 aliphatic rings. The van der Waals surface area contributed by atoms with E-state index in [2.05, 4.69) is 48.7 Å². The van der Waals surface area contributed by atoms with Crippen LogP contribution in [0.5, 0.6) is 0 Å². The minimum absolute atomic E-state index is 0.119. The van der Waals surface area contributed by atoms with Crippen molar-refractivity contribution in [2.45, 2.75) is 45.4 Å². The van der Waals surface area contributed by atoms with Crippen molar-refractivity contribution in [2.75, 3.05) is 23.7 Å². The van der Waals surface area contributed by atoms with Gasteiger partial charge in [0.1, 0.15) is 0 Å². The average molecular weight is 396 g/mol. The summed E-state index contributed by atoms with van der Waals surface area (Å²) in [6, 6.07) is 15.9. The topological polar surface area (TPSA) is 44.4 Å². The van der Waals surface area contributed by atoms with E-state index in [4.69, 9.17) is 12.2 Å². The Labute approximate surface area is 173 Å². The van der Waals surface area contributed by atoms with Crippen molar-refractivity contribution in [3.63, 3.8) is 0 Å². The van der Waals surface area contributed by atoms with Crippen LogP contribution >= 0.6 is 12.2 Å². The Kier molecular flexibility index (Phi) is 7.04. The van der Waals surface area contributed by atoms with Gasteiger partial charge in [-0.25, -0.2) is 0 Å². The molecule has 2 aromatic rings. The standard InChI is InChI=1S/C23H29N3OS/c1-3-17(2)18-7-11-20(12-8-18)24-23(28)25-21-13-9-19(10-14-21)22(27)26-15-5-4-6-16-26/h7-14,17H,3-6,15-16H2,1-2H3,(H2,24,25,28)/t17-/m0/s1. The third-order valence-electron chi connectivity index (χ3n) is 5.38. The highest BCUT2D eigenvalue weighted by Gasteiger charge is 2.17. The fraction of sp³-hybridized carbons (Fsp3) is 0.391. The van der Waals surface area contributed by atoms with E-state index in [-0.39, 0.29) is 5.91 Å². The van der Waals surface area contributed by atoms with E-state index in [1.165, 1.54) is 12.0 Å². The van der Waals surface area contributed by atoms with Gasteiger partial charge in [-0.2, -0.15) is 0 Å². The van der Waals surface area contributed by atoms with Crippen LogP contribution in [0.15, 0.2) is 48.5 Å². The van der Waals surface area contributed by atoms with Crippen LogP contribution in [0.2, 0.25) is 0 Å². The second kappa shape index (κ2) is 9.69. The molecule has 4 nitrogen and oxygen atoms in total. The van der Waals surface area contributed by atoms with Gasteiger partial charge in [0.05, 0.1) is 0 Å². The number of carbonyl (C=O) groups is 1. The number of nitrogens with zero attached hydrogens (tertiary/aromatic N) is 1. The minimum atomic E-state index is 0.119. The van der Waals surface area contributed by atoms with Crippen molar-refractivity contribution >= 4 is 34.6 Å². The zero-order valence-electron chi connectivity index (χ0n) is 16.7. The lowest BCUT2D eigenvalue weighted by atomic mass is 9.99. The van der Waals surface area contributed by atoms with Gasteiger partial charge in [0, 0.05) is 30.0 Å². The maximum absolute atomic E-state index is 12.5. The van der Waals surface area contributed by atoms with Crippen LogP contribution in [-0.2, 0) is 0 Å². The van der Waals surface area contributed by atoms with E-state index < -0.39 is 0 Å². The van der Waals surface area contributed by atoms with Crippen LogP contribution < -0.4 is 10.6 Å². The van der Waals surface area contributed by atoms with Gasteiger partial charge in [-0.1, -0.05) is 26.0 Å². The van der Waals surface area contributed by atoms with Gasteiger partial charge in [0.2, 0.25) is 0 Å². The Balaban J connectivity index is 1.54. The normalized spacial score (nSPS) is 15.0. The molecule has 1 fully saturated rings. The molecule has 0 unspecified atom stereocenters. The molecule has 1 saturated heterocycles. The first-order valence-electron chi connectivity index (χ1n) is 10.1. The second-order valence-corrected chi connectivity index (χ2v) is 7.85. The molecule has 28 heavy (non-hydrogen) atoms. The number of anilines is 2. The lowest BCUT2D eigenvalue weighted by Crippen LogP contribution is -2.35. The molecule has 1 aliphatic heterocycles. The summed E-state index contributed by atoms with van der Waals surface area (Å²) in [6.07, 6.45) is 4.55. The molecule has 5 heteroatoms. The van der Waals surface area contributed by atoms with Gasteiger partial charge in [0.15, 0.2) is 5.11 Å². The summed E-state index contributed by atoms with van der Waals surface area (Å²) >= 11 is 5.41. The predicted octanol–water partition coefficient (Wildman–Crippen LogP) is 5.64. The second-order valence-electron chi connectivity index (χ2n) is 7.44. The fourth-order valence-corrected chi connectivity index (χ4v) is 3.64. The van der Waals surface area contributed by atoms with E-state index in [0.717, 1.165) is 49.3 Å². The Bertz CT molecular complexity index is 796. The Morgan fingerprint density at radius 2 is 1.50 bits per heavy atom. The highest BCUT2D eigenvalue weighted by molar-refractivity contribution is 7.80. The third kappa shape index (κ3) is 5.32. The number of rotatable bonds is 5. The van der Waals surface area contributed by atoms with Crippen molar-refractivity contribution in [1.29, 1.82) is 0 Å². The quantitative estimate of drug-likeness (QED) is 0.644. The third-order valence-corrected chi connectivity index (χ3v) is 5.59. The van der Waals surface area contributed by atoms with Gasteiger partial charge in [0.25, 0.3) is 5.91 Å². The number of benzene rings is 2. The maximum atomic E-state index is 12.5. The van der Waals surface area contributed by atoms with Crippen LogP contribution in [0.3, 0.4) is 0 Å². The number of carbonyl (C=O) groups excluding carboxylic acids is 1. The molecule has 2 N–H and O–H groups in total. The predicted molar refractivity (Wildman–Crippen MR) is 121 cm³/mol. The molecular formula is C23H29N3OS. The zero-order chi connectivity index (χ0) is 19.9. The molecule has 1 amide bonds. The van der Waals surface area contributed by atoms with E-state index in [0.29, 0.717) is 11.0 Å². The number of hydrogen-bond acceptors (Lipinski definition) is 2. The first kappa shape index (κ1) is 20.3. The van der Waals surface area contributed by atoms with Gasteiger partial charge in [-0.05, 0) is 85.8 Å². The van der Waals surface area contributed by atoms with Crippen LogP contribution in [0.4, 0.5) is 11.4 Å². The van der Waals surface area contributed by atoms with Crippen LogP contribution in [0.1, 0.15) is 61.4 Å². The Morgan fingerprint density at radius 1 is 0.964 bits per heavy atom. The summed E-state index contributed by atoms with van der Waals surface area (Å²) < 4.78 is 0. The molecule has 0 aromatic heterocycles. The molecule has 148 valence electrons. The van der Waals surface area contributed by atoms with Crippen molar-refractivity contribution in [3.05, 3.63) is 59.7 Å². The van der Waals surface area contributed by atoms with E-state index in [9.17, 15) is 4.79 Å². The number of hydrogen-bond donors (Lipinski definition) is 2. The molecule has 2 aromatic carbocycles. The van der Waals surface area contributed by atoms with E-state index in [1.54, 1.807) is 0 Å². The molecule has 0 aliphatic carbocycles. The van der Waals surface area contributed by atoms with E-state index >= 15 is 0 Å². The molecule has 1 heterocycles. The first-order chi connectivity index (χ1) is 13.6. The number of likely N-dealkylation sites (tertiary alicyclic amines) is 1. The Morgan fingerprint density at radius 3 is 2.04 bits per heavy atom. The Hall–Kier alpha value is -2.40. The molecule has 0 bridgehead atoms. The summed E-state index contributed by atoms with van der Waals surface area (Å²) in [6.45, 7) is 6.15. The molecule has 3 rings (SSSR count). The lowest BCUT2D eigenvalue weighted by Gasteiger charge is -2.26. The summed E-state index contributed by atoms with van der Waals surface area (Å²) in [4.78, 5) is 14.5. The summed E-state index contributed by atoms with van der Waals surface area (Å²) in [7, 11) is 0. The summed E-state index contributed by atoms with van der Waals surface area (Å²) in [5.41, 5.74) is 3.89. The van der Waals surface area contributed by atoms with Crippen LogP contribution in [0, 0.1) is 0 Å². The van der Waals surface area contributed by atoms with Gasteiger partial charge >= 0.3 is 0 Å². The van der Waals surface area contributed by atoms with Gasteiger partial charge in [-0.15, -0.1) is 0 Å². The first-order valence-corrected chi connectivity index (χ1v) is 10.5. The number of amides is 1. The summed E-state index contributed by atoms with van der Waals surface area (Å²) in [5.74, 6) is 0.679. The molecule has 1 atom stereocenters. The molecule has 0 saturated carbocycles. The maximum Gasteiger partial charge on any atom is 0.253 e. The molecular weight excluding hydrogens is 366 g/mol. The number of thiocarbonyl (C=S) groups is 1. The highest BCUT2D eigenvalue weighted by Crippen LogP contribution is 2.21. The molecule has 0 spiro atoms. The van der Waals surface area contributed by atoms with Gasteiger partial charge < -0.3 is 15.5 Å². The zero-order valence-corrected chi connectivity index (χ0v) is 17.5. The van der Waals surface area contributed by atoms with Crippen LogP contribution in [0.25, 0.3) is 0 Å². The van der Waals surface area contributed by atoms with Crippen molar-refractivity contribution in [3.8, 4) is 0 Å². The minimum Gasteiger partial charge on any atom is -0.339 e. The average Bonchev–Trinajstić information content (AvgIpc) is 2.74. The smallest absolute Gasteiger partial charge is 0.253 e. The SMILES string of the molecule is CC[C@H](C)c1ccc(NC(=S)Nc2ccc(C(=O)N3CCCCC3)cc2)cc1. The summed E-state index contributed by atoms with van der Waals surface area (Å²) in [5, 5.41) is 6.92. The molecule has 0 radical (unpaired) electrons. The lowest BCUT2D eigenvalue weighted by molar-refractivity contribution is 0.0724. The number of piperidine rings is 1. The van der Waals surface area contributed by atoms with Crippen LogP contribution in [-0.4, -0.2) is 29.0 Å². The largest absolute Gasteiger partial charge is 0.339 e.